The van der Waals surface area contributed by atoms with Crippen LogP contribution >= 0.6 is 0 Å². The zero-order valence-corrected chi connectivity index (χ0v) is 24.2. The van der Waals surface area contributed by atoms with Crippen LogP contribution in [0.4, 0.5) is 4.79 Å². The lowest BCUT2D eigenvalue weighted by atomic mass is 9.76. The zero-order chi connectivity index (χ0) is 29.5. The van der Waals surface area contributed by atoms with Gasteiger partial charge in [0, 0.05) is 18.8 Å². The number of nitrogens with zero attached hydrogens (tertiary/aromatic N) is 3. The Balaban J connectivity index is 1.46. The van der Waals surface area contributed by atoms with E-state index in [9.17, 15) is 14.7 Å². The van der Waals surface area contributed by atoms with Gasteiger partial charge in [0.25, 0.3) is 0 Å². The molecule has 2 N–H and O–H groups in total. The lowest BCUT2D eigenvalue weighted by Gasteiger charge is -2.38. The molecule has 0 fully saturated rings. The second-order valence-corrected chi connectivity index (χ2v) is 10.9. The van der Waals surface area contributed by atoms with Crippen LogP contribution in [0.5, 0.6) is 0 Å². The first-order valence-electron chi connectivity index (χ1n) is 14.5. The number of rotatable bonds is 10. The third-order valence-electron chi connectivity index (χ3n) is 8.29. The molecule has 1 unspecified atom stereocenters. The first kappa shape index (κ1) is 28.9. The monoisotopic (exact) mass is 562 g/mol. The zero-order valence-electron chi connectivity index (χ0n) is 24.2. The fourth-order valence-corrected chi connectivity index (χ4v) is 6.06. The molecule has 216 valence electrons. The minimum absolute atomic E-state index is 0.167. The molecule has 3 aromatic carbocycles. The van der Waals surface area contributed by atoms with Gasteiger partial charge in [-0.15, -0.1) is 0 Å². The number of hydrogen-bond acceptors (Lipinski definition) is 3. The summed E-state index contributed by atoms with van der Waals surface area (Å²) in [5.41, 5.74) is 5.93. The van der Waals surface area contributed by atoms with Gasteiger partial charge in [-0.1, -0.05) is 103 Å². The van der Waals surface area contributed by atoms with Crippen LogP contribution in [0.2, 0.25) is 0 Å². The summed E-state index contributed by atoms with van der Waals surface area (Å²) in [4.78, 5) is 31.4. The molecule has 0 spiro atoms. The van der Waals surface area contributed by atoms with Gasteiger partial charge in [0.2, 0.25) is 5.91 Å². The summed E-state index contributed by atoms with van der Waals surface area (Å²) in [5.74, 6) is -0.167. The Kier molecular flexibility index (Phi) is 8.86. The molecular weight excluding hydrogens is 524 g/mol. The van der Waals surface area contributed by atoms with Gasteiger partial charge in [0.15, 0.2) is 0 Å². The normalized spacial score (nSPS) is 14.2. The Morgan fingerprint density at radius 2 is 1.45 bits per heavy atom. The lowest BCUT2D eigenvalue weighted by Crippen LogP contribution is -2.49. The van der Waals surface area contributed by atoms with E-state index in [0.717, 1.165) is 34.5 Å². The van der Waals surface area contributed by atoms with E-state index in [1.807, 2.05) is 30.6 Å². The van der Waals surface area contributed by atoms with E-state index < -0.39 is 17.7 Å². The van der Waals surface area contributed by atoms with Crippen LogP contribution in [0.25, 0.3) is 0 Å². The van der Waals surface area contributed by atoms with Crippen molar-refractivity contribution >= 4 is 12.0 Å². The third kappa shape index (κ3) is 5.86. The molecule has 4 aromatic rings. The van der Waals surface area contributed by atoms with E-state index in [2.05, 4.69) is 96.5 Å². The molecule has 42 heavy (non-hydrogen) atoms. The van der Waals surface area contributed by atoms with Gasteiger partial charge in [-0.3, -0.25) is 4.79 Å². The summed E-state index contributed by atoms with van der Waals surface area (Å²) in [6, 6.07) is 30.6. The van der Waals surface area contributed by atoms with Crippen LogP contribution in [0.1, 0.15) is 54.3 Å². The van der Waals surface area contributed by atoms with E-state index in [4.69, 9.17) is 4.98 Å². The Morgan fingerprint density at radius 3 is 1.93 bits per heavy atom. The number of benzene rings is 3. The molecule has 2 amide bonds. The minimum atomic E-state index is -1.18. The number of carboxylic acid groups (broad SMARTS) is 1. The molecule has 0 bridgehead atoms. The van der Waals surface area contributed by atoms with Gasteiger partial charge in [-0.25, -0.2) is 9.78 Å². The summed E-state index contributed by atoms with van der Waals surface area (Å²) in [7, 11) is 0. The van der Waals surface area contributed by atoms with Crippen molar-refractivity contribution in [1.82, 2.24) is 19.8 Å². The molecule has 0 radical (unpaired) electrons. The highest BCUT2D eigenvalue weighted by molar-refractivity contribution is 5.85. The maximum Gasteiger partial charge on any atom is 0.405 e. The maximum atomic E-state index is 13.2. The number of imidazole rings is 1. The van der Waals surface area contributed by atoms with E-state index >= 15 is 0 Å². The number of aryl methyl sites for hydroxylation is 1. The Labute approximate surface area is 247 Å². The molecular formula is C35H38N4O3. The van der Waals surface area contributed by atoms with Crippen molar-refractivity contribution in [1.29, 1.82) is 0 Å². The highest BCUT2D eigenvalue weighted by atomic mass is 16.4. The van der Waals surface area contributed by atoms with E-state index in [1.54, 1.807) is 4.90 Å². The molecule has 0 aliphatic carbocycles. The first-order valence-corrected chi connectivity index (χ1v) is 14.5. The molecule has 1 atom stereocenters. The molecule has 1 aliphatic rings. The highest BCUT2D eigenvalue weighted by Crippen LogP contribution is 2.42. The van der Waals surface area contributed by atoms with Crippen molar-refractivity contribution < 1.29 is 14.7 Å². The second-order valence-electron chi connectivity index (χ2n) is 10.9. The Hall–Kier alpha value is -4.65. The molecule has 0 saturated heterocycles. The molecule has 2 heterocycles. The van der Waals surface area contributed by atoms with Crippen LogP contribution in [-0.4, -0.2) is 50.7 Å². The minimum Gasteiger partial charge on any atom is -0.465 e. The summed E-state index contributed by atoms with van der Waals surface area (Å²) in [6.07, 6.45) is 5.22. The van der Waals surface area contributed by atoms with Gasteiger partial charge in [-0.2, -0.15) is 0 Å². The van der Waals surface area contributed by atoms with Gasteiger partial charge in [0.05, 0.1) is 12.0 Å². The second kappa shape index (κ2) is 12.9. The van der Waals surface area contributed by atoms with Crippen molar-refractivity contribution in [3.8, 4) is 0 Å². The topological polar surface area (TPSA) is 87.5 Å². The standard InChI is InChI=1S/C35H38N4O3/c1-26-21-23-38(24-22-26)33(40)32(37-34(41)42)20-12-19-31-27(2)39(25-36-31)35(28-13-6-3-7-14-28,29-15-8-4-9-16-29)30-17-10-5-11-18-30/h3-11,13-18,21,25,32,37H,12,19-20,22-24H2,1-2H3,(H,41,42). The molecule has 1 aromatic heterocycles. The van der Waals surface area contributed by atoms with Crippen molar-refractivity contribution in [3.05, 3.63) is 137 Å². The number of aromatic nitrogens is 2. The average Bonchev–Trinajstić information content (AvgIpc) is 3.38. The fraction of sp³-hybridized carbons (Fsp3) is 0.286. The van der Waals surface area contributed by atoms with E-state index in [-0.39, 0.29) is 5.91 Å². The van der Waals surface area contributed by atoms with Crippen molar-refractivity contribution in [2.45, 2.75) is 51.1 Å². The van der Waals surface area contributed by atoms with Gasteiger partial charge in [-0.05, 0) is 56.2 Å². The van der Waals surface area contributed by atoms with Crippen molar-refractivity contribution in [2.75, 3.05) is 13.1 Å². The van der Waals surface area contributed by atoms with Crippen molar-refractivity contribution in [3.63, 3.8) is 0 Å². The van der Waals surface area contributed by atoms with Gasteiger partial charge < -0.3 is 19.9 Å². The smallest absolute Gasteiger partial charge is 0.405 e. The van der Waals surface area contributed by atoms with Crippen LogP contribution in [-0.2, 0) is 16.8 Å². The predicted octanol–water partition coefficient (Wildman–Crippen LogP) is 6.17. The third-order valence-corrected chi connectivity index (χ3v) is 8.29. The summed E-state index contributed by atoms with van der Waals surface area (Å²) >= 11 is 0. The van der Waals surface area contributed by atoms with Crippen LogP contribution in [0, 0.1) is 6.92 Å². The molecule has 5 rings (SSSR count). The molecule has 7 nitrogen and oxygen atoms in total. The largest absolute Gasteiger partial charge is 0.465 e. The average molecular weight is 563 g/mol. The van der Waals surface area contributed by atoms with Crippen LogP contribution in [0.15, 0.2) is 109 Å². The summed E-state index contributed by atoms with van der Waals surface area (Å²) < 4.78 is 2.25. The predicted molar refractivity (Wildman–Crippen MR) is 164 cm³/mol. The van der Waals surface area contributed by atoms with E-state index in [0.29, 0.717) is 32.4 Å². The molecule has 1 aliphatic heterocycles. The van der Waals surface area contributed by atoms with Crippen LogP contribution < -0.4 is 5.32 Å². The number of nitrogens with one attached hydrogen (secondary N) is 1. The fourth-order valence-electron chi connectivity index (χ4n) is 6.06. The highest BCUT2D eigenvalue weighted by Gasteiger charge is 2.39. The number of hydrogen-bond donors (Lipinski definition) is 2. The van der Waals surface area contributed by atoms with Gasteiger partial charge in [0.1, 0.15) is 11.6 Å². The quantitative estimate of drug-likeness (QED) is 0.179. The summed E-state index contributed by atoms with van der Waals surface area (Å²) in [6.45, 7) is 5.28. The first-order chi connectivity index (χ1) is 20.4. The maximum absolute atomic E-state index is 13.2. The summed E-state index contributed by atoms with van der Waals surface area (Å²) in [5, 5.41) is 11.9. The van der Waals surface area contributed by atoms with Gasteiger partial charge >= 0.3 is 6.09 Å². The number of carbonyl (C=O) groups is 2. The van der Waals surface area contributed by atoms with Crippen molar-refractivity contribution in [2.24, 2.45) is 0 Å². The SMILES string of the molecule is CC1=CCN(C(=O)C(CCCc2ncn(C(c3ccccc3)(c3ccccc3)c3ccccc3)c2C)NC(=O)O)CC1. The number of carbonyl (C=O) groups excluding carboxylic acids is 1. The number of amides is 2. The molecule has 0 saturated carbocycles. The lowest BCUT2D eigenvalue weighted by molar-refractivity contribution is -0.133. The van der Waals surface area contributed by atoms with E-state index in [1.165, 1.54) is 5.57 Å². The Bertz CT molecular complexity index is 1430. The van der Waals surface area contributed by atoms with Crippen LogP contribution in [0.3, 0.4) is 0 Å². The molecule has 7 heteroatoms. The Morgan fingerprint density at radius 1 is 0.905 bits per heavy atom.